The summed E-state index contributed by atoms with van der Waals surface area (Å²) in [5, 5.41) is 1.15. The first-order valence-electron chi connectivity index (χ1n) is 5.18. The molecule has 1 fully saturated rings. The zero-order valence-corrected chi connectivity index (χ0v) is 10.1. The van der Waals surface area contributed by atoms with E-state index >= 15 is 0 Å². The van der Waals surface area contributed by atoms with E-state index in [0.29, 0.717) is 6.10 Å². The van der Waals surface area contributed by atoms with Crippen LogP contribution in [0.25, 0.3) is 0 Å². The van der Waals surface area contributed by atoms with Crippen LogP contribution in [0.3, 0.4) is 0 Å². The van der Waals surface area contributed by atoms with Gasteiger partial charge in [-0.2, -0.15) is 0 Å². The van der Waals surface area contributed by atoms with E-state index in [9.17, 15) is 0 Å². The molecule has 1 unspecified atom stereocenters. The third kappa shape index (κ3) is 4.43. The first kappa shape index (κ1) is 11.5. The molecule has 0 spiro atoms. The molecule has 0 saturated carbocycles. The molecular formula is C10H20BrNO. The number of rotatable bonds is 6. The lowest BCUT2D eigenvalue weighted by molar-refractivity contribution is 0.108. The minimum Gasteiger partial charge on any atom is -0.380 e. The number of hydrogen-bond acceptors (Lipinski definition) is 2. The normalized spacial score (nSPS) is 24.0. The summed E-state index contributed by atoms with van der Waals surface area (Å²) >= 11 is 3.45. The molecule has 1 saturated heterocycles. The van der Waals surface area contributed by atoms with Crippen molar-refractivity contribution in [2.75, 3.05) is 32.1 Å². The van der Waals surface area contributed by atoms with Gasteiger partial charge in [-0.25, -0.2) is 0 Å². The van der Waals surface area contributed by atoms with Crippen molar-refractivity contribution in [1.82, 2.24) is 4.90 Å². The van der Waals surface area contributed by atoms with Gasteiger partial charge in [-0.15, -0.1) is 0 Å². The average molecular weight is 250 g/mol. The van der Waals surface area contributed by atoms with Crippen LogP contribution in [0.2, 0.25) is 0 Å². The van der Waals surface area contributed by atoms with Crippen molar-refractivity contribution in [3.8, 4) is 0 Å². The second kappa shape index (κ2) is 6.80. The van der Waals surface area contributed by atoms with Gasteiger partial charge in [0.1, 0.15) is 0 Å². The van der Waals surface area contributed by atoms with Gasteiger partial charge in [-0.3, -0.25) is 0 Å². The van der Waals surface area contributed by atoms with Crippen LogP contribution >= 0.6 is 15.9 Å². The van der Waals surface area contributed by atoms with Crippen LogP contribution in [0, 0.1) is 0 Å². The summed E-state index contributed by atoms with van der Waals surface area (Å²) < 4.78 is 5.32. The van der Waals surface area contributed by atoms with E-state index in [1.807, 2.05) is 7.11 Å². The van der Waals surface area contributed by atoms with Crippen LogP contribution in [-0.4, -0.2) is 43.1 Å². The fourth-order valence-electron chi connectivity index (χ4n) is 1.80. The maximum Gasteiger partial charge on any atom is 0.0710 e. The topological polar surface area (TPSA) is 12.5 Å². The molecule has 0 aromatic rings. The minimum absolute atomic E-state index is 0.496. The Morgan fingerprint density at radius 1 is 1.38 bits per heavy atom. The predicted octanol–water partition coefficient (Wildman–Crippen LogP) is 2.27. The molecule has 1 aliphatic rings. The number of alkyl halides is 1. The summed E-state index contributed by atoms with van der Waals surface area (Å²) in [6.07, 6.45) is 5.70. The molecule has 0 N–H and O–H groups in total. The van der Waals surface area contributed by atoms with Gasteiger partial charge in [0.25, 0.3) is 0 Å². The fraction of sp³-hybridized carbons (Fsp3) is 1.00. The molecule has 0 amide bonds. The largest absolute Gasteiger partial charge is 0.380 e. The number of unbranched alkanes of at least 4 members (excludes halogenated alkanes) is 2. The van der Waals surface area contributed by atoms with Crippen LogP contribution in [-0.2, 0) is 4.74 Å². The van der Waals surface area contributed by atoms with Gasteiger partial charge < -0.3 is 9.64 Å². The number of nitrogens with zero attached hydrogens (tertiary/aromatic N) is 1. The zero-order valence-electron chi connectivity index (χ0n) is 8.47. The van der Waals surface area contributed by atoms with E-state index in [4.69, 9.17) is 4.74 Å². The van der Waals surface area contributed by atoms with Gasteiger partial charge >= 0.3 is 0 Å². The Balaban J connectivity index is 1.97. The monoisotopic (exact) mass is 249 g/mol. The Morgan fingerprint density at radius 3 is 2.85 bits per heavy atom. The molecule has 0 bridgehead atoms. The lowest BCUT2D eigenvalue weighted by atomic mass is 10.2. The molecule has 78 valence electrons. The summed E-state index contributed by atoms with van der Waals surface area (Å²) in [5.74, 6) is 0. The molecule has 2 nitrogen and oxygen atoms in total. The first-order valence-corrected chi connectivity index (χ1v) is 6.30. The maximum atomic E-state index is 5.32. The summed E-state index contributed by atoms with van der Waals surface area (Å²) in [7, 11) is 1.82. The lowest BCUT2D eigenvalue weighted by Gasteiger charge is -2.14. The maximum absolute atomic E-state index is 5.32. The summed E-state index contributed by atoms with van der Waals surface area (Å²) in [5.41, 5.74) is 0. The van der Waals surface area contributed by atoms with Crippen LogP contribution in [0.4, 0.5) is 0 Å². The highest BCUT2D eigenvalue weighted by Gasteiger charge is 2.20. The van der Waals surface area contributed by atoms with E-state index < -0.39 is 0 Å². The first-order chi connectivity index (χ1) is 6.36. The summed E-state index contributed by atoms with van der Waals surface area (Å²) in [4.78, 5) is 2.52. The van der Waals surface area contributed by atoms with Crippen molar-refractivity contribution >= 4 is 15.9 Å². The zero-order chi connectivity index (χ0) is 9.52. The molecule has 3 heteroatoms. The summed E-state index contributed by atoms with van der Waals surface area (Å²) in [6, 6.07) is 0. The highest BCUT2D eigenvalue weighted by Crippen LogP contribution is 2.12. The van der Waals surface area contributed by atoms with Gasteiger partial charge in [-0.1, -0.05) is 22.4 Å². The van der Waals surface area contributed by atoms with Crippen molar-refractivity contribution in [2.24, 2.45) is 0 Å². The van der Waals surface area contributed by atoms with E-state index in [1.165, 1.54) is 38.8 Å². The van der Waals surface area contributed by atoms with Crippen LogP contribution in [0.1, 0.15) is 25.7 Å². The average Bonchev–Trinajstić information content (AvgIpc) is 2.60. The Morgan fingerprint density at radius 2 is 2.23 bits per heavy atom. The molecule has 1 rings (SSSR count). The Bertz CT molecular complexity index is 132. The van der Waals surface area contributed by atoms with Crippen LogP contribution < -0.4 is 0 Å². The van der Waals surface area contributed by atoms with Gasteiger partial charge in [0, 0.05) is 25.5 Å². The van der Waals surface area contributed by atoms with Crippen molar-refractivity contribution in [3.05, 3.63) is 0 Å². The molecule has 0 radical (unpaired) electrons. The molecule has 13 heavy (non-hydrogen) atoms. The number of methoxy groups -OCH3 is 1. The molecule has 0 aromatic heterocycles. The number of hydrogen-bond donors (Lipinski definition) is 0. The molecule has 1 atom stereocenters. The highest BCUT2D eigenvalue weighted by atomic mass is 79.9. The van der Waals surface area contributed by atoms with Crippen LogP contribution in [0.5, 0.6) is 0 Å². The third-order valence-corrected chi connectivity index (χ3v) is 3.23. The smallest absolute Gasteiger partial charge is 0.0710 e. The summed E-state index contributed by atoms with van der Waals surface area (Å²) in [6.45, 7) is 3.63. The number of halogens is 1. The Kier molecular flexibility index (Phi) is 6.00. The SMILES string of the molecule is COC1CCN(CCCCCBr)C1. The quantitative estimate of drug-likeness (QED) is 0.529. The molecule has 1 aliphatic heterocycles. The van der Waals surface area contributed by atoms with Crippen molar-refractivity contribution < 1.29 is 4.74 Å². The van der Waals surface area contributed by atoms with Gasteiger partial charge in [0.2, 0.25) is 0 Å². The molecular weight excluding hydrogens is 230 g/mol. The van der Waals surface area contributed by atoms with Gasteiger partial charge in [0.15, 0.2) is 0 Å². The molecule has 0 aromatic carbocycles. The van der Waals surface area contributed by atoms with Crippen LogP contribution in [0.15, 0.2) is 0 Å². The Labute approximate surface area is 89.8 Å². The third-order valence-electron chi connectivity index (χ3n) is 2.67. The highest BCUT2D eigenvalue weighted by molar-refractivity contribution is 9.09. The second-order valence-corrected chi connectivity index (χ2v) is 4.49. The number of ether oxygens (including phenoxy) is 1. The fourth-order valence-corrected chi connectivity index (χ4v) is 2.20. The lowest BCUT2D eigenvalue weighted by Crippen LogP contribution is -2.23. The van der Waals surface area contributed by atoms with E-state index in [2.05, 4.69) is 20.8 Å². The second-order valence-electron chi connectivity index (χ2n) is 3.70. The standard InChI is InChI=1S/C10H20BrNO/c1-13-10-5-8-12(9-10)7-4-2-3-6-11/h10H,2-9H2,1H3. The van der Waals surface area contributed by atoms with E-state index in [0.717, 1.165) is 11.9 Å². The van der Waals surface area contributed by atoms with Crippen molar-refractivity contribution in [3.63, 3.8) is 0 Å². The van der Waals surface area contributed by atoms with Gasteiger partial charge in [-0.05, 0) is 25.8 Å². The van der Waals surface area contributed by atoms with Crippen molar-refractivity contribution in [1.29, 1.82) is 0 Å². The number of likely N-dealkylation sites (tertiary alicyclic amines) is 1. The molecule has 0 aliphatic carbocycles. The van der Waals surface area contributed by atoms with Crippen molar-refractivity contribution in [2.45, 2.75) is 31.8 Å². The van der Waals surface area contributed by atoms with Gasteiger partial charge in [0.05, 0.1) is 6.10 Å². The molecule has 1 heterocycles. The van der Waals surface area contributed by atoms with E-state index in [1.54, 1.807) is 0 Å². The Hall–Kier alpha value is 0.400. The minimum atomic E-state index is 0.496. The van der Waals surface area contributed by atoms with E-state index in [-0.39, 0.29) is 0 Å². The predicted molar refractivity (Wildman–Crippen MR) is 59.5 cm³/mol.